The average Bonchev–Trinajstić information content (AvgIpc) is 3.51. The maximum absolute atomic E-state index is 14.0. The van der Waals surface area contributed by atoms with Gasteiger partial charge in [0.25, 0.3) is 5.91 Å². The van der Waals surface area contributed by atoms with Crippen LogP contribution in [0.5, 0.6) is 5.75 Å². The fourth-order valence-corrected chi connectivity index (χ4v) is 6.69. The van der Waals surface area contributed by atoms with Crippen molar-refractivity contribution in [3.8, 4) is 5.75 Å². The van der Waals surface area contributed by atoms with Crippen LogP contribution in [-0.4, -0.2) is 55.2 Å². The van der Waals surface area contributed by atoms with Gasteiger partial charge in [0.1, 0.15) is 5.75 Å². The molecule has 7 nitrogen and oxygen atoms in total. The number of hydrogen-bond donors (Lipinski definition) is 2. The standard InChI is InChI=1S/C34H48N4O3/c1-25-15-17-30(23-26(25)2)41-32-18-16-27(33(39)35-19-22-37-20-9-10-21-37)24-31(32)36-34(40)38(28-11-5-3-6-12-28)29-13-7-4-8-14-29/h3,5-6,11-12,16,18,24-26,29-30H,4,7-10,13-15,17,19-23H2,1-2H3,(H,35,39)(H,36,40). The van der Waals surface area contributed by atoms with Crippen LogP contribution in [0.25, 0.3) is 0 Å². The number of urea groups is 1. The molecule has 2 aromatic rings. The molecule has 0 bridgehead atoms. The summed E-state index contributed by atoms with van der Waals surface area (Å²) < 4.78 is 6.55. The van der Waals surface area contributed by atoms with Gasteiger partial charge in [0.15, 0.2) is 0 Å². The molecule has 3 amide bonds. The van der Waals surface area contributed by atoms with E-state index in [0.717, 1.165) is 70.3 Å². The van der Waals surface area contributed by atoms with Crippen molar-refractivity contribution in [2.24, 2.45) is 11.8 Å². The predicted octanol–water partition coefficient (Wildman–Crippen LogP) is 7.09. The molecular weight excluding hydrogens is 512 g/mol. The second-order valence-electron chi connectivity index (χ2n) is 12.5. The molecule has 7 heteroatoms. The minimum atomic E-state index is -0.176. The topological polar surface area (TPSA) is 73.9 Å². The van der Waals surface area contributed by atoms with E-state index in [1.165, 1.54) is 19.3 Å². The minimum absolute atomic E-state index is 0.0977. The lowest BCUT2D eigenvalue weighted by Gasteiger charge is -2.35. The van der Waals surface area contributed by atoms with Crippen molar-refractivity contribution >= 4 is 23.3 Å². The van der Waals surface area contributed by atoms with E-state index < -0.39 is 0 Å². The van der Waals surface area contributed by atoms with Crippen molar-refractivity contribution in [2.45, 2.75) is 90.2 Å². The van der Waals surface area contributed by atoms with Crippen molar-refractivity contribution in [3.05, 3.63) is 54.1 Å². The molecule has 1 saturated heterocycles. The molecule has 2 saturated carbocycles. The number of nitrogens with zero attached hydrogens (tertiary/aromatic N) is 2. The fourth-order valence-electron chi connectivity index (χ4n) is 6.69. The van der Waals surface area contributed by atoms with Crippen LogP contribution in [0, 0.1) is 11.8 Å². The number of amides is 3. The average molecular weight is 561 g/mol. The molecule has 3 aliphatic rings. The molecule has 3 atom stereocenters. The third-order valence-electron chi connectivity index (χ3n) is 9.43. The van der Waals surface area contributed by atoms with Crippen LogP contribution in [0.3, 0.4) is 0 Å². The van der Waals surface area contributed by atoms with Crippen molar-refractivity contribution in [3.63, 3.8) is 0 Å². The summed E-state index contributed by atoms with van der Waals surface area (Å²) in [6, 6.07) is 15.4. The van der Waals surface area contributed by atoms with E-state index in [2.05, 4.69) is 29.4 Å². The smallest absolute Gasteiger partial charge is 0.326 e. The molecular formula is C34H48N4O3. The van der Waals surface area contributed by atoms with E-state index in [1.54, 1.807) is 6.07 Å². The molecule has 2 N–H and O–H groups in total. The highest BCUT2D eigenvalue weighted by molar-refractivity contribution is 6.04. The zero-order chi connectivity index (χ0) is 28.6. The van der Waals surface area contributed by atoms with Gasteiger partial charge in [-0.1, -0.05) is 51.3 Å². The highest BCUT2D eigenvalue weighted by Gasteiger charge is 2.29. The first-order valence-electron chi connectivity index (χ1n) is 15.9. The Morgan fingerprint density at radius 3 is 2.39 bits per heavy atom. The van der Waals surface area contributed by atoms with E-state index in [9.17, 15) is 9.59 Å². The lowest BCUT2D eigenvalue weighted by molar-refractivity contribution is 0.0949. The quantitative estimate of drug-likeness (QED) is 0.344. The Morgan fingerprint density at radius 1 is 0.902 bits per heavy atom. The Morgan fingerprint density at radius 2 is 1.66 bits per heavy atom. The Balaban J connectivity index is 1.36. The fraction of sp³-hybridized carbons (Fsp3) is 0.588. The molecule has 2 aliphatic carbocycles. The number of para-hydroxylation sites is 1. The van der Waals surface area contributed by atoms with Gasteiger partial charge >= 0.3 is 6.03 Å². The summed E-state index contributed by atoms with van der Waals surface area (Å²) in [5.41, 5.74) is 1.99. The second kappa shape index (κ2) is 14.2. The van der Waals surface area contributed by atoms with Crippen LogP contribution in [0.2, 0.25) is 0 Å². The third kappa shape index (κ3) is 7.82. The minimum Gasteiger partial charge on any atom is -0.488 e. The third-order valence-corrected chi connectivity index (χ3v) is 9.43. The van der Waals surface area contributed by atoms with Crippen molar-refractivity contribution in [2.75, 3.05) is 36.4 Å². The summed E-state index contributed by atoms with van der Waals surface area (Å²) >= 11 is 0. The van der Waals surface area contributed by atoms with Gasteiger partial charge < -0.3 is 20.3 Å². The summed E-state index contributed by atoms with van der Waals surface area (Å²) in [6.45, 7) is 8.29. The number of likely N-dealkylation sites (tertiary alicyclic amines) is 1. The molecule has 0 spiro atoms. The molecule has 41 heavy (non-hydrogen) atoms. The van der Waals surface area contributed by atoms with Gasteiger partial charge in [0.05, 0.1) is 11.8 Å². The van der Waals surface area contributed by atoms with Crippen molar-refractivity contribution in [1.29, 1.82) is 0 Å². The summed E-state index contributed by atoms with van der Waals surface area (Å²) in [4.78, 5) is 31.5. The Kier molecular flexibility index (Phi) is 10.2. The molecule has 1 aliphatic heterocycles. The molecule has 5 rings (SSSR count). The lowest BCUT2D eigenvalue weighted by Crippen LogP contribution is -2.44. The van der Waals surface area contributed by atoms with Crippen molar-refractivity contribution in [1.82, 2.24) is 10.2 Å². The zero-order valence-electron chi connectivity index (χ0n) is 24.9. The molecule has 2 aromatic carbocycles. The maximum Gasteiger partial charge on any atom is 0.326 e. The SMILES string of the molecule is CC1CCC(Oc2ccc(C(=O)NCCN3CCCC3)cc2NC(=O)N(c2ccccc2)C2CCCCC2)CC1C. The normalized spacial score (nSPS) is 23.6. The van der Waals surface area contributed by atoms with Crippen LogP contribution in [0.4, 0.5) is 16.2 Å². The number of carbonyl (C=O) groups excluding carboxylic acids is 2. The number of rotatable bonds is 9. The van der Waals surface area contributed by atoms with Gasteiger partial charge in [-0.05, 0) is 100 Å². The first kappa shape index (κ1) is 29.4. The molecule has 3 unspecified atom stereocenters. The second-order valence-corrected chi connectivity index (χ2v) is 12.5. The van der Waals surface area contributed by atoms with E-state index in [-0.39, 0.29) is 24.1 Å². The predicted molar refractivity (Wildman–Crippen MR) is 166 cm³/mol. The molecule has 0 aromatic heterocycles. The van der Waals surface area contributed by atoms with Crippen LogP contribution in [0.15, 0.2) is 48.5 Å². The van der Waals surface area contributed by atoms with Gasteiger partial charge in [-0.2, -0.15) is 0 Å². The monoisotopic (exact) mass is 560 g/mol. The van der Waals surface area contributed by atoms with Gasteiger partial charge in [-0.15, -0.1) is 0 Å². The molecule has 3 fully saturated rings. The van der Waals surface area contributed by atoms with Gasteiger partial charge in [0.2, 0.25) is 0 Å². The van der Waals surface area contributed by atoms with Gasteiger partial charge in [-0.3, -0.25) is 9.69 Å². The first-order valence-corrected chi connectivity index (χ1v) is 15.9. The van der Waals surface area contributed by atoms with Crippen LogP contribution < -0.4 is 20.3 Å². The van der Waals surface area contributed by atoms with E-state index in [1.807, 2.05) is 47.4 Å². The van der Waals surface area contributed by atoms with E-state index >= 15 is 0 Å². The Labute approximate surface area is 246 Å². The summed E-state index contributed by atoms with van der Waals surface area (Å²) in [5, 5.41) is 6.26. The van der Waals surface area contributed by atoms with Gasteiger partial charge in [-0.25, -0.2) is 4.79 Å². The summed E-state index contributed by atoms with van der Waals surface area (Å²) in [7, 11) is 0. The van der Waals surface area contributed by atoms with E-state index in [0.29, 0.717) is 35.4 Å². The first-order chi connectivity index (χ1) is 20.0. The summed E-state index contributed by atoms with van der Waals surface area (Å²) in [5.74, 6) is 1.79. The van der Waals surface area contributed by atoms with E-state index in [4.69, 9.17) is 4.74 Å². The number of nitrogens with one attached hydrogen (secondary N) is 2. The van der Waals surface area contributed by atoms with Crippen molar-refractivity contribution < 1.29 is 14.3 Å². The summed E-state index contributed by atoms with van der Waals surface area (Å²) in [6.07, 6.45) is 11.1. The Bertz CT molecular complexity index is 1140. The van der Waals surface area contributed by atoms with Crippen LogP contribution >= 0.6 is 0 Å². The maximum atomic E-state index is 14.0. The highest BCUT2D eigenvalue weighted by Crippen LogP contribution is 2.35. The number of ether oxygens (including phenoxy) is 1. The zero-order valence-corrected chi connectivity index (χ0v) is 24.9. The van der Waals surface area contributed by atoms with Crippen LogP contribution in [-0.2, 0) is 0 Å². The lowest BCUT2D eigenvalue weighted by atomic mass is 9.80. The Hall–Kier alpha value is -3.06. The number of carbonyl (C=O) groups is 2. The largest absolute Gasteiger partial charge is 0.488 e. The van der Waals surface area contributed by atoms with Crippen LogP contribution in [0.1, 0.15) is 88.4 Å². The number of anilines is 2. The molecule has 222 valence electrons. The molecule has 1 heterocycles. The molecule has 0 radical (unpaired) electrons. The van der Waals surface area contributed by atoms with Gasteiger partial charge in [0, 0.05) is 30.4 Å². The highest BCUT2D eigenvalue weighted by atomic mass is 16.5. The number of hydrogen-bond acceptors (Lipinski definition) is 4. The number of benzene rings is 2.